The molecule has 15 heterocycles. The van der Waals surface area contributed by atoms with Crippen molar-refractivity contribution in [3.63, 3.8) is 0 Å². The van der Waals surface area contributed by atoms with Crippen LogP contribution < -0.4 is 41.7 Å². The van der Waals surface area contributed by atoms with Crippen molar-refractivity contribution in [2.75, 3.05) is 131 Å². The lowest BCUT2D eigenvalue weighted by Gasteiger charge is -2.47. The van der Waals surface area contributed by atoms with E-state index >= 15 is 0 Å². The highest BCUT2D eigenvalue weighted by Gasteiger charge is 2.58. The largest absolute Gasteiger partial charge is 0.457 e. The van der Waals surface area contributed by atoms with Gasteiger partial charge in [0.05, 0.1) is 143 Å². The van der Waals surface area contributed by atoms with Gasteiger partial charge in [-0.15, -0.1) is 0 Å². The number of aromatic nitrogens is 6. The Kier molecular flexibility index (Phi) is 27.8. The molecule has 3 aromatic heterocycles. The summed E-state index contributed by atoms with van der Waals surface area (Å²) in [6, 6.07) is 2.81. The smallest absolute Gasteiger partial charge is 0.410 e. The number of rotatable bonds is 9. The molecule has 4 atom stereocenters. The number of ether oxygens (including phenoxy) is 4. The van der Waals surface area contributed by atoms with Crippen LogP contribution in [0.25, 0.3) is 0 Å². The standard InChI is InChI=1S/C25H29F3N6O4.C23H24F3N5O4.C20H21F3N6O2.C18H29N5O3.C2H3ClO2/c1-14-9-34-19(10-32(14)22(36)30-15-5-16(26)21(28)17(27)6-15)18(8-29-34)33-13-25(7-20(33)35)11-31(12-25)23(37)38-24(2,3)4;1-13-8-31-18(9-29(13)19(32)5-14-3-15(24)21(26)16(25)4-14)17(7-27-31)30-12-23(6-20(30)33)10-28(11-23)22(34)35-2;1-11-6-29-16(15(5-25-29)28-10-20(4-17(28)30)8-24-9-20)7-27(11)19(31)26-12-2-13(21)18(23)14(22)3-12;1-12-7-21-13(8-20-12)14(6-19)23-11-18(5-15(23)24)9-22(10-18)16(25)26-17(2,3)4;1-5-2(3)4/h5-6,8,14H,7,9-13H2,1-4H3,(H,30,36);3-4,7,13H,5-6,8-12H2,1-2H3;2-3,5,11,24H,4,6-10H2,1H3,(H,26,31);6,12,20H,5,7-11,19H2,1-4H3;1H3/t14-;13-;11-;12-;/m0000./s1. The zero-order valence-corrected chi connectivity index (χ0v) is 77.1. The highest BCUT2D eigenvalue weighted by Crippen LogP contribution is 2.48. The van der Waals surface area contributed by atoms with Gasteiger partial charge in [-0.1, -0.05) is 0 Å². The summed E-state index contributed by atoms with van der Waals surface area (Å²) in [6.45, 7) is 27.6. The highest BCUT2D eigenvalue weighted by molar-refractivity contribution is 6.61. The average Bonchev–Trinajstić information content (AvgIpc) is 1.59. The van der Waals surface area contributed by atoms with E-state index in [0.717, 1.165) is 48.8 Å². The molecule has 135 heavy (non-hydrogen) atoms. The lowest BCUT2D eigenvalue weighted by molar-refractivity contribution is -0.134. The van der Waals surface area contributed by atoms with Crippen molar-refractivity contribution in [1.29, 1.82) is 0 Å². The molecule has 8 saturated heterocycles. The molecule has 47 heteroatoms. The lowest BCUT2D eigenvalue weighted by Crippen LogP contribution is -2.60. The number of methoxy groups -OCH3 is 2. The summed E-state index contributed by atoms with van der Waals surface area (Å²) in [5.74, 6) is -13.5. The summed E-state index contributed by atoms with van der Waals surface area (Å²) in [5.41, 5.74) is 8.01. The number of fused-ring (bicyclic) bond motifs is 3. The number of urea groups is 2. The molecule has 728 valence electrons. The van der Waals surface area contributed by atoms with Crippen molar-refractivity contribution in [1.82, 2.24) is 74.3 Å². The quantitative estimate of drug-likeness (QED) is 0.0389. The normalized spacial score (nSPS) is 21.4. The van der Waals surface area contributed by atoms with Crippen molar-refractivity contribution >= 4 is 111 Å². The maximum Gasteiger partial charge on any atom is 0.410 e. The number of nitrogens with zero attached hydrogens (tertiary/aromatic N) is 17. The number of anilines is 5. The van der Waals surface area contributed by atoms with Crippen LogP contribution in [0.5, 0.6) is 0 Å². The van der Waals surface area contributed by atoms with Crippen molar-refractivity contribution < 1.29 is 111 Å². The van der Waals surface area contributed by atoms with Gasteiger partial charge in [-0.05, 0) is 86.9 Å². The molecule has 6 aromatic rings. The van der Waals surface area contributed by atoms with E-state index in [1.807, 2.05) is 34.6 Å². The van der Waals surface area contributed by atoms with Crippen LogP contribution in [0.1, 0.15) is 118 Å². The van der Waals surface area contributed by atoms with Crippen LogP contribution in [0.15, 0.2) is 71.9 Å². The van der Waals surface area contributed by atoms with Crippen molar-refractivity contribution in [2.24, 2.45) is 32.4 Å². The minimum absolute atomic E-state index is 0.0317. The van der Waals surface area contributed by atoms with E-state index < -0.39 is 93.2 Å². The third-order valence-electron chi connectivity index (χ3n) is 25.5. The van der Waals surface area contributed by atoms with E-state index in [2.05, 4.69) is 64.8 Å². The number of hydrogen-bond acceptors (Lipinski definition) is 22. The second-order valence-electron chi connectivity index (χ2n) is 38.5. The van der Waals surface area contributed by atoms with Gasteiger partial charge < -0.3 is 94.9 Å². The second kappa shape index (κ2) is 38.2. The summed E-state index contributed by atoms with van der Waals surface area (Å²) in [4.78, 5) is 156. The van der Waals surface area contributed by atoms with E-state index in [-0.39, 0.29) is 125 Å². The molecule has 0 bridgehead atoms. The van der Waals surface area contributed by atoms with Crippen molar-refractivity contribution in [3.05, 3.63) is 142 Å². The zero-order valence-electron chi connectivity index (χ0n) is 76.3. The topological polar surface area (TPSA) is 397 Å². The number of nitrogens with two attached hydrogens (primary N) is 1. The summed E-state index contributed by atoms with van der Waals surface area (Å²) < 4.78 is 146. The summed E-state index contributed by atoms with van der Waals surface area (Å²) in [7, 11) is 2.53. The Bertz CT molecular complexity index is 5690. The Morgan fingerprint density at radius 2 is 0.844 bits per heavy atom. The third kappa shape index (κ3) is 21.0. The van der Waals surface area contributed by atoms with E-state index in [1.165, 1.54) is 30.2 Å². The SMILES string of the molecule is COC(=O)Cl.COC(=O)N1CC2(CC(=O)N(c3cnn4c3CN(C(=O)Cc3cc(F)c(F)c(F)c3)[C@@H](C)C4)C2)C1.C[C@H]1CN=C(C(=CN)N2CC3(CC2=O)CN(C(=O)OC(C)(C)C)C3)CN1.C[C@H]1Cn2ncc(N3CC4(CC3=O)CN(C(=O)OC(C)(C)C)C4)c2CN1C(=O)Nc1cc(F)c(F)c(F)c1.C[C@H]1Cn2ncc(N3CC4(CNC4)CC3=O)c2CN1C(=O)Nc1cc(F)c(F)c(F)c1. The monoisotopic (exact) mass is 1920 g/mol. The van der Waals surface area contributed by atoms with Gasteiger partial charge >= 0.3 is 35.8 Å². The maximum atomic E-state index is 13.6. The second-order valence-corrected chi connectivity index (χ2v) is 38.8. The Morgan fingerprint density at radius 1 is 0.496 bits per heavy atom. The molecule has 8 fully saturated rings. The van der Waals surface area contributed by atoms with Gasteiger partial charge in [0, 0.05) is 198 Å². The molecule has 0 aliphatic carbocycles. The molecule has 0 radical (unpaired) electrons. The molecule has 0 saturated carbocycles. The van der Waals surface area contributed by atoms with Crippen LogP contribution in [0.4, 0.5) is 96.7 Å². The molecule has 12 aliphatic rings. The number of amides is 12. The number of carbonyl (C=O) groups excluding carboxylic acids is 11. The number of likely N-dealkylation sites (tertiary alicyclic amines) is 4. The summed E-state index contributed by atoms with van der Waals surface area (Å²) in [6.07, 6.45) is 6.34. The van der Waals surface area contributed by atoms with Gasteiger partial charge in [0.15, 0.2) is 52.4 Å². The summed E-state index contributed by atoms with van der Waals surface area (Å²) in [5, 5.41) is 24.6. The van der Waals surface area contributed by atoms with Gasteiger partial charge in [-0.2, -0.15) is 15.3 Å². The van der Waals surface area contributed by atoms with Crippen LogP contribution in [0.3, 0.4) is 0 Å². The van der Waals surface area contributed by atoms with Gasteiger partial charge in [0.25, 0.3) is 0 Å². The fraction of sp³-hybridized carbons (Fsp3) is 0.534. The first-order valence-corrected chi connectivity index (χ1v) is 44.0. The first-order valence-electron chi connectivity index (χ1n) is 43.7. The Hall–Kier alpha value is -12.8. The van der Waals surface area contributed by atoms with Gasteiger partial charge in [-0.3, -0.25) is 43.0 Å². The first-order chi connectivity index (χ1) is 63.5. The predicted octanol–water partition coefficient (Wildman–Crippen LogP) is 9.53. The molecule has 6 N–H and O–H groups in total. The van der Waals surface area contributed by atoms with E-state index in [0.29, 0.717) is 170 Å². The minimum atomic E-state index is -1.61. The fourth-order valence-corrected chi connectivity index (χ4v) is 18.8. The molecule has 3 aromatic carbocycles. The van der Waals surface area contributed by atoms with E-state index in [9.17, 15) is 92.3 Å². The minimum Gasteiger partial charge on any atom is -0.457 e. The molecule has 4 spiro atoms. The Balaban J connectivity index is 0.000000143. The molecule has 37 nitrogen and oxygen atoms in total. The lowest BCUT2D eigenvalue weighted by atomic mass is 9.79. The molecule has 12 amide bonds. The van der Waals surface area contributed by atoms with E-state index in [1.54, 1.807) is 99.5 Å². The van der Waals surface area contributed by atoms with Gasteiger partial charge in [-0.25, -0.2) is 68.3 Å². The molecular weight excluding hydrogens is 1810 g/mol. The predicted molar refractivity (Wildman–Crippen MR) is 467 cm³/mol. The fourth-order valence-electron chi connectivity index (χ4n) is 18.8. The maximum absolute atomic E-state index is 13.6. The van der Waals surface area contributed by atoms with Gasteiger partial charge in [0.1, 0.15) is 11.2 Å². The van der Waals surface area contributed by atoms with Crippen LogP contribution in [0, 0.1) is 74.0 Å². The van der Waals surface area contributed by atoms with Gasteiger partial charge in [0.2, 0.25) is 29.5 Å². The molecule has 0 unspecified atom stereocenters. The van der Waals surface area contributed by atoms with Crippen LogP contribution in [-0.2, 0) is 88.6 Å². The van der Waals surface area contributed by atoms with Crippen LogP contribution >= 0.6 is 11.6 Å². The average molecular weight is 1920 g/mol. The van der Waals surface area contributed by atoms with Crippen LogP contribution in [0.2, 0.25) is 0 Å². The number of carbonyl (C=O) groups is 11. The molecule has 12 aliphatic heterocycles. The number of aliphatic imine (C=N–C) groups is 1. The highest BCUT2D eigenvalue weighted by atomic mass is 35.5. The number of nitrogens with one attached hydrogen (secondary N) is 4. The Labute approximate surface area is 774 Å². The van der Waals surface area contributed by atoms with Crippen molar-refractivity contribution in [2.45, 2.75) is 176 Å². The van der Waals surface area contributed by atoms with Crippen LogP contribution in [-0.4, -0.2) is 276 Å². The summed E-state index contributed by atoms with van der Waals surface area (Å²) >= 11 is 4.60. The molecule has 18 rings (SSSR count). The third-order valence-corrected chi connectivity index (χ3v) is 25.6. The molecular formula is C88H106ClF9N22O15. The van der Waals surface area contributed by atoms with E-state index in [4.69, 9.17) is 19.9 Å². The first kappa shape index (κ1) is 98.3. The number of benzene rings is 3. The van der Waals surface area contributed by atoms with Crippen molar-refractivity contribution in [3.8, 4) is 0 Å². The Morgan fingerprint density at radius 3 is 1.19 bits per heavy atom. The zero-order chi connectivity index (χ0) is 97.9. The number of halogens is 10. The number of hydrogen-bond donors (Lipinski definition) is 5.